The Morgan fingerprint density at radius 3 is 2.45 bits per heavy atom. The van der Waals surface area contributed by atoms with Crippen molar-refractivity contribution in [1.29, 1.82) is 0 Å². The van der Waals surface area contributed by atoms with Crippen LogP contribution in [0, 0.1) is 13.8 Å². The van der Waals surface area contributed by atoms with Gasteiger partial charge in [0.05, 0.1) is 38.8 Å². The third kappa shape index (κ3) is 3.62. The summed E-state index contributed by atoms with van der Waals surface area (Å²) in [5.74, 6) is 0.918. The first-order valence-corrected chi connectivity index (χ1v) is 13.2. The Labute approximate surface area is 230 Å². The van der Waals surface area contributed by atoms with Gasteiger partial charge in [0, 0.05) is 30.7 Å². The smallest absolute Gasteiger partial charge is 0.337 e. The third-order valence-electron chi connectivity index (χ3n) is 7.83. The zero-order valence-corrected chi connectivity index (χ0v) is 22.5. The molecule has 0 saturated heterocycles. The molecule has 0 aliphatic heterocycles. The number of carboxylic acid groups (broad SMARTS) is 1. The number of benzene rings is 4. The molecule has 7 aromatic rings. The fourth-order valence-electron chi connectivity index (χ4n) is 5.86. The van der Waals surface area contributed by atoms with Gasteiger partial charge in [0.1, 0.15) is 11.6 Å². The standard InChI is InChI=1S/C33H27N5O2/c1-20-17-23(32-35-26-11-5-7-13-29(26)36(32)3)18-30-31(20)34-21(2)38(30)19-22-9-8-14-27-24(22)15-16-37(27)28-12-6-4-10-25(28)33(39)40/h4-18H,19H2,1-3H3,(H,39,40). The largest absolute Gasteiger partial charge is 0.478 e. The summed E-state index contributed by atoms with van der Waals surface area (Å²) in [6.07, 6.45) is 1.95. The van der Waals surface area contributed by atoms with E-state index in [1.807, 2.05) is 60.2 Å². The van der Waals surface area contributed by atoms with Crippen molar-refractivity contribution in [3.8, 4) is 17.1 Å². The van der Waals surface area contributed by atoms with Gasteiger partial charge in [0.2, 0.25) is 0 Å². The zero-order chi connectivity index (χ0) is 27.5. The Morgan fingerprint density at radius 2 is 1.62 bits per heavy atom. The molecule has 196 valence electrons. The van der Waals surface area contributed by atoms with E-state index < -0.39 is 5.97 Å². The number of aromatic nitrogens is 5. The molecule has 7 heteroatoms. The third-order valence-corrected chi connectivity index (χ3v) is 7.83. The summed E-state index contributed by atoms with van der Waals surface area (Å²) in [4.78, 5) is 21.8. The van der Waals surface area contributed by atoms with Crippen LogP contribution in [-0.2, 0) is 13.6 Å². The molecule has 4 aromatic carbocycles. The molecule has 0 unspecified atom stereocenters. The number of aromatic carboxylic acids is 1. The van der Waals surface area contributed by atoms with E-state index in [2.05, 4.69) is 53.4 Å². The molecular formula is C33H27N5O2. The van der Waals surface area contributed by atoms with E-state index in [1.54, 1.807) is 12.1 Å². The van der Waals surface area contributed by atoms with E-state index in [0.29, 0.717) is 12.2 Å². The maximum Gasteiger partial charge on any atom is 0.337 e. The van der Waals surface area contributed by atoms with Crippen molar-refractivity contribution in [2.75, 3.05) is 0 Å². The van der Waals surface area contributed by atoms with Crippen molar-refractivity contribution in [1.82, 2.24) is 23.7 Å². The minimum absolute atomic E-state index is 0.270. The molecule has 0 saturated carbocycles. The summed E-state index contributed by atoms with van der Waals surface area (Å²) in [7, 11) is 2.06. The highest BCUT2D eigenvalue weighted by Crippen LogP contribution is 2.31. The number of nitrogens with zero attached hydrogens (tertiary/aromatic N) is 5. The number of para-hydroxylation sites is 3. The predicted octanol–water partition coefficient (Wildman–Crippen LogP) is 6.90. The van der Waals surface area contributed by atoms with Gasteiger partial charge in [0.25, 0.3) is 0 Å². The maximum atomic E-state index is 11.9. The number of hydrogen-bond donors (Lipinski definition) is 1. The summed E-state index contributed by atoms with van der Waals surface area (Å²) < 4.78 is 6.35. The Balaban J connectivity index is 1.36. The number of rotatable bonds is 5. The van der Waals surface area contributed by atoms with E-state index in [-0.39, 0.29) is 5.56 Å². The molecule has 40 heavy (non-hydrogen) atoms. The number of imidazole rings is 2. The second-order valence-corrected chi connectivity index (χ2v) is 10.2. The van der Waals surface area contributed by atoms with Crippen LogP contribution in [0.5, 0.6) is 0 Å². The molecule has 0 spiro atoms. The lowest BCUT2D eigenvalue weighted by molar-refractivity contribution is 0.0697. The first-order valence-electron chi connectivity index (χ1n) is 13.2. The van der Waals surface area contributed by atoms with Gasteiger partial charge >= 0.3 is 5.97 Å². The van der Waals surface area contributed by atoms with Crippen LogP contribution < -0.4 is 0 Å². The topological polar surface area (TPSA) is 77.9 Å². The highest BCUT2D eigenvalue weighted by molar-refractivity contribution is 5.94. The second kappa shape index (κ2) is 8.95. The molecule has 0 aliphatic carbocycles. The minimum atomic E-state index is -0.944. The van der Waals surface area contributed by atoms with E-state index >= 15 is 0 Å². The molecule has 0 radical (unpaired) electrons. The summed E-state index contributed by atoms with van der Waals surface area (Å²) in [6, 6.07) is 27.9. The Kier molecular flexibility index (Phi) is 5.35. The summed E-state index contributed by atoms with van der Waals surface area (Å²) >= 11 is 0. The first kappa shape index (κ1) is 23.9. The molecule has 7 nitrogen and oxygen atoms in total. The minimum Gasteiger partial charge on any atom is -0.478 e. The van der Waals surface area contributed by atoms with Crippen molar-refractivity contribution >= 4 is 38.9 Å². The average Bonchev–Trinajstić information content (AvgIpc) is 3.63. The average molecular weight is 526 g/mol. The van der Waals surface area contributed by atoms with Crippen LogP contribution in [0.15, 0.2) is 91.1 Å². The number of hydrogen-bond acceptors (Lipinski definition) is 3. The highest BCUT2D eigenvalue weighted by atomic mass is 16.4. The number of carbonyl (C=O) groups is 1. The fraction of sp³-hybridized carbons (Fsp3) is 0.121. The van der Waals surface area contributed by atoms with Crippen LogP contribution in [0.2, 0.25) is 0 Å². The van der Waals surface area contributed by atoms with Gasteiger partial charge in [-0.15, -0.1) is 0 Å². The van der Waals surface area contributed by atoms with Crippen molar-refractivity contribution in [3.63, 3.8) is 0 Å². The summed E-state index contributed by atoms with van der Waals surface area (Å²) in [5, 5.41) is 10.8. The van der Waals surface area contributed by atoms with E-state index in [0.717, 1.165) is 61.3 Å². The van der Waals surface area contributed by atoms with Crippen LogP contribution in [0.25, 0.3) is 50.0 Å². The van der Waals surface area contributed by atoms with Gasteiger partial charge in [-0.05, 0) is 73.5 Å². The molecule has 0 bridgehead atoms. The highest BCUT2D eigenvalue weighted by Gasteiger charge is 2.18. The van der Waals surface area contributed by atoms with Gasteiger partial charge in [-0.1, -0.05) is 36.4 Å². The predicted molar refractivity (Wildman–Crippen MR) is 158 cm³/mol. The van der Waals surface area contributed by atoms with Crippen molar-refractivity contribution in [2.24, 2.45) is 7.05 Å². The molecule has 3 heterocycles. The van der Waals surface area contributed by atoms with E-state index in [1.165, 1.54) is 0 Å². The van der Waals surface area contributed by atoms with Gasteiger partial charge in [-0.25, -0.2) is 14.8 Å². The lowest BCUT2D eigenvalue weighted by Crippen LogP contribution is -2.05. The van der Waals surface area contributed by atoms with Crippen molar-refractivity contribution < 1.29 is 9.90 Å². The van der Waals surface area contributed by atoms with Crippen molar-refractivity contribution in [2.45, 2.75) is 20.4 Å². The monoisotopic (exact) mass is 525 g/mol. The lowest BCUT2D eigenvalue weighted by Gasteiger charge is -2.12. The molecule has 0 atom stereocenters. The second-order valence-electron chi connectivity index (χ2n) is 10.2. The van der Waals surface area contributed by atoms with Gasteiger partial charge in [-0.3, -0.25) is 0 Å². The molecule has 0 fully saturated rings. The van der Waals surface area contributed by atoms with Crippen LogP contribution in [0.4, 0.5) is 0 Å². The number of fused-ring (bicyclic) bond motifs is 3. The fourth-order valence-corrected chi connectivity index (χ4v) is 5.86. The SMILES string of the molecule is Cc1cc(-c2nc3ccccc3n2C)cc2c1nc(C)n2Cc1cccc2c1ccn2-c1ccccc1C(=O)O. The molecule has 0 aliphatic rings. The van der Waals surface area contributed by atoms with Gasteiger partial charge < -0.3 is 18.8 Å². The van der Waals surface area contributed by atoms with E-state index in [9.17, 15) is 9.90 Å². The Bertz CT molecular complexity index is 2110. The molecule has 3 aromatic heterocycles. The zero-order valence-electron chi connectivity index (χ0n) is 22.5. The Morgan fingerprint density at radius 1 is 0.850 bits per heavy atom. The first-order chi connectivity index (χ1) is 19.4. The molecular weight excluding hydrogens is 498 g/mol. The maximum absolute atomic E-state index is 11.9. The summed E-state index contributed by atoms with van der Waals surface area (Å²) in [5.41, 5.74) is 9.30. The van der Waals surface area contributed by atoms with Crippen LogP contribution in [0.1, 0.15) is 27.3 Å². The van der Waals surface area contributed by atoms with E-state index in [4.69, 9.17) is 9.97 Å². The molecule has 0 amide bonds. The Hall–Kier alpha value is -5.17. The van der Waals surface area contributed by atoms with Gasteiger partial charge in [-0.2, -0.15) is 0 Å². The normalized spacial score (nSPS) is 11.7. The molecule has 7 rings (SSSR count). The van der Waals surface area contributed by atoms with Crippen LogP contribution in [0.3, 0.4) is 0 Å². The number of carboxylic acids is 1. The quantitative estimate of drug-likeness (QED) is 0.265. The number of aryl methyl sites for hydroxylation is 3. The van der Waals surface area contributed by atoms with Crippen LogP contribution >= 0.6 is 0 Å². The summed E-state index contributed by atoms with van der Waals surface area (Å²) in [6.45, 7) is 4.78. The molecule has 1 N–H and O–H groups in total. The van der Waals surface area contributed by atoms with Crippen molar-refractivity contribution in [3.05, 3.63) is 114 Å². The van der Waals surface area contributed by atoms with Crippen LogP contribution in [-0.4, -0.2) is 34.7 Å². The lowest BCUT2D eigenvalue weighted by atomic mass is 10.1. The van der Waals surface area contributed by atoms with Gasteiger partial charge in [0.15, 0.2) is 0 Å².